The second kappa shape index (κ2) is 5.81. The molecular weight excluding hydrogens is 307 g/mol. The molecule has 2 aromatic carbocycles. The topological polar surface area (TPSA) is 39.4 Å². The molecule has 112 valence electrons. The van der Waals surface area contributed by atoms with Crippen molar-refractivity contribution in [1.29, 1.82) is 0 Å². The van der Waals surface area contributed by atoms with E-state index in [2.05, 4.69) is 0 Å². The lowest BCUT2D eigenvalue weighted by Crippen LogP contribution is -2.03. The zero-order chi connectivity index (χ0) is 15.7. The standard InChI is InChI=1S/C17H12ClFO3/c1-10-15(21-8-11-3-2-4-12(19)7-11)6-5-13-16(20)14(18)9-22-17(10)13/h2-7,9H,8H2,1H3. The molecular formula is C17H12ClFO3. The predicted octanol–water partition coefficient (Wildman–Crippen LogP) is 4.47. The fourth-order valence-electron chi connectivity index (χ4n) is 2.24. The maximum Gasteiger partial charge on any atom is 0.211 e. The third-order valence-corrected chi connectivity index (χ3v) is 3.64. The smallest absolute Gasteiger partial charge is 0.211 e. The molecule has 0 saturated heterocycles. The summed E-state index contributed by atoms with van der Waals surface area (Å²) < 4.78 is 24.2. The largest absolute Gasteiger partial charge is 0.488 e. The highest BCUT2D eigenvalue weighted by Gasteiger charge is 2.11. The van der Waals surface area contributed by atoms with Gasteiger partial charge in [-0.1, -0.05) is 23.7 Å². The molecule has 0 bridgehead atoms. The van der Waals surface area contributed by atoms with Crippen molar-refractivity contribution < 1.29 is 13.5 Å². The number of aryl methyl sites for hydroxylation is 1. The van der Waals surface area contributed by atoms with Gasteiger partial charge in [0.1, 0.15) is 35.0 Å². The third-order valence-electron chi connectivity index (χ3n) is 3.38. The summed E-state index contributed by atoms with van der Waals surface area (Å²) in [5.74, 6) is 0.263. The van der Waals surface area contributed by atoms with Gasteiger partial charge in [-0.05, 0) is 36.8 Å². The van der Waals surface area contributed by atoms with Crippen LogP contribution in [0, 0.1) is 12.7 Å². The van der Waals surface area contributed by atoms with Crippen LogP contribution < -0.4 is 10.2 Å². The summed E-state index contributed by atoms with van der Waals surface area (Å²) in [6.45, 7) is 2.02. The summed E-state index contributed by atoms with van der Waals surface area (Å²) in [7, 11) is 0. The Morgan fingerprint density at radius 3 is 2.86 bits per heavy atom. The average molecular weight is 319 g/mol. The molecule has 3 rings (SSSR count). The van der Waals surface area contributed by atoms with Crippen LogP contribution in [-0.2, 0) is 6.61 Å². The van der Waals surface area contributed by atoms with Gasteiger partial charge < -0.3 is 9.15 Å². The summed E-state index contributed by atoms with van der Waals surface area (Å²) in [4.78, 5) is 11.9. The van der Waals surface area contributed by atoms with Crippen LogP contribution in [-0.4, -0.2) is 0 Å². The summed E-state index contributed by atoms with van der Waals surface area (Å²) in [6.07, 6.45) is 1.22. The van der Waals surface area contributed by atoms with E-state index in [9.17, 15) is 9.18 Å². The SMILES string of the molecule is Cc1c(OCc2cccc(F)c2)ccc2c(=O)c(Cl)coc12. The maximum atomic E-state index is 13.1. The Kier molecular flexibility index (Phi) is 3.86. The van der Waals surface area contributed by atoms with Gasteiger partial charge >= 0.3 is 0 Å². The van der Waals surface area contributed by atoms with Gasteiger partial charge in [-0.2, -0.15) is 0 Å². The van der Waals surface area contributed by atoms with E-state index in [1.54, 1.807) is 31.2 Å². The molecule has 0 aliphatic heterocycles. The normalized spacial score (nSPS) is 10.9. The maximum absolute atomic E-state index is 13.1. The van der Waals surface area contributed by atoms with E-state index >= 15 is 0 Å². The monoisotopic (exact) mass is 318 g/mol. The number of rotatable bonds is 3. The Balaban J connectivity index is 1.93. The van der Waals surface area contributed by atoms with Crippen molar-refractivity contribution in [1.82, 2.24) is 0 Å². The predicted molar refractivity (Wildman–Crippen MR) is 83.0 cm³/mol. The fourth-order valence-corrected chi connectivity index (χ4v) is 2.39. The summed E-state index contributed by atoms with van der Waals surface area (Å²) in [5.41, 5.74) is 1.58. The van der Waals surface area contributed by atoms with Crippen molar-refractivity contribution in [3.8, 4) is 5.75 Å². The lowest BCUT2D eigenvalue weighted by Gasteiger charge is -2.10. The number of hydrogen-bond acceptors (Lipinski definition) is 3. The second-order valence-electron chi connectivity index (χ2n) is 4.90. The molecule has 0 saturated carbocycles. The first-order valence-corrected chi connectivity index (χ1v) is 7.02. The minimum absolute atomic E-state index is 0.0420. The number of halogens is 2. The number of fused-ring (bicyclic) bond motifs is 1. The summed E-state index contributed by atoms with van der Waals surface area (Å²) in [6, 6.07) is 9.49. The van der Waals surface area contributed by atoms with Crippen LogP contribution >= 0.6 is 11.6 Å². The van der Waals surface area contributed by atoms with Crippen LogP contribution in [0.5, 0.6) is 5.75 Å². The van der Waals surface area contributed by atoms with Gasteiger partial charge in [-0.15, -0.1) is 0 Å². The lowest BCUT2D eigenvalue weighted by atomic mass is 10.1. The van der Waals surface area contributed by atoms with E-state index in [0.717, 1.165) is 5.56 Å². The average Bonchev–Trinajstić information content (AvgIpc) is 2.50. The highest BCUT2D eigenvalue weighted by molar-refractivity contribution is 6.30. The number of hydrogen-bond donors (Lipinski definition) is 0. The zero-order valence-electron chi connectivity index (χ0n) is 11.7. The van der Waals surface area contributed by atoms with Crippen molar-refractivity contribution in [2.24, 2.45) is 0 Å². The first-order valence-electron chi connectivity index (χ1n) is 6.64. The van der Waals surface area contributed by atoms with Gasteiger partial charge in [0.2, 0.25) is 5.43 Å². The van der Waals surface area contributed by atoms with Crippen LogP contribution in [0.1, 0.15) is 11.1 Å². The first kappa shape index (κ1) is 14.6. The Labute approximate surface area is 130 Å². The Morgan fingerprint density at radius 2 is 2.09 bits per heavy atom. The second-order valence-corrected chi connectivity index (χ2v) is 5.30. The molecule has 5 heteroatoms. The molecule has 0 spiro atoms. The minimum atomic E-state index is -0.308. The fraction of sp³-hybridized carbons (Fsp3) is 0.118. The van der Waals surface area contributed by atoms with E-state index in [1.165, 1.54) is 18.4 Å². The van der Waals surface area contributed by atoms with Crippen LogP contribution in [0.15, 0.2) is 51.9 Å². The molecule has 0 amide bonds. The summed E-state index contributed by atoms with van der Waals surface area (Å²) in [5, 5.41) is 0.448. The molecule has 3 aromatic rings. The van der Waals surface area contributed by atoms with Gasteiger partial charge in [0.15, 0.2) is 0 Å². The van der Waals surface area contributed by atoms with Crippen molar-refractivity contribution in [3.63, 3.8) is 0 Å². The molecule has 3 nitrogen and oxygen atoms in total. The molecule has 0 unspecified atom stereocenters. The van der Waals surface area contributed by atoms with Gasteiger partial charge in [0.05, 0.1) is 5.39 Å². The molecule has 1 heterocycles. The van der Waals surface area contributed by atoms with Crippen LogP contribution in [0.3, 0.4) is 0 Å². The van der Waals surface area contributed by atoms with Crippen molar-refractivity contribution in [3.05, 3.63) is 74.9 Å². The van der Waals surface area contributed by atoms with E-state index in [4.69, 9.17) is 20.8 Å². The molecule has 22 heavy (non-hydrogen) atoms. The molecule has 0 aliphatic rings. The van der Waals surface area contributed by atoms with Crippen LogP contribution in [0.2, 0.25) is 5.02 Å². The number of ether oxygens (including phenoxy) is 1. The first-order chi connectivity index (χ1) is 10.6. The van der Waals surface area contributed by atoms with Gasteiger partial charge in [0, 0.05) is 5.56 Å². The van der Waals surface area contributed by atoms with Crippen LogP contribution in [0.25, 0.3) is 11.0 Å². The van der Waals surface area contributed by atoms with Gasteiger partial charge in [-0.25, -0.2) is 4.39 Å². The Morgan fingerprint density at radius 1 is 1.27 bits per heavy atom. The third kappa shape index (κ3) is 2.70. The van der Waals surface area contributed by atoms with E-state index in [-0.39, 0.29) is 22.9 Å². The summed E-state index contributed by atoms with van der Waals surface area (Å²) >= 11 is 5.76. The van der Waals surface area contributed by atoms with Gasteiger partial charge in [-0.3, -0.25) is 4.79 Å². The quantitative estimate of drug-likeness (QED) is 0.715. The van der Waals surface area contributed by atoms with E-state index in [1.807, 2.05) is 0 Å². The minimum Gasteiger partial charge on any atom is -0.488 e. The van der Waals surface area contributed by atoms with Crippen molar-refractivity contribution in [2.45, 2.75) is 13.5 Å². The zero-order valence-corrected chi connectivity index (χ0v) is 12.5. The molecule has 0 fully saturated rings. The molecule has 0 aliphatic carbocycles. The molecule has 1 aromatic heterocycles. The van der Waals surface area contributed by atoms with Gasteiger partial charge in [0.25, 0.3) is 0 Å². The van der Waals surface area contributed by atoms with E-state index in [0.29, 0.717) is 22.3 Å². The molecule has 0 radical (unpaired) electrons. The van der Waals surface area contributed by atoms with Crippen molar-refractivity contribution in [2.75, 3.05) is 0 Å². The van der Waals surface area contributed by atoms with Crippen LogP contribution in [0.4, 0.5) is 4.39 Å². The lowest BCUT2D eigenvalue weighted by molar-refractivity contribution is 0.303. The number of benzene rings is 2. The Bertz CT molecular complexity index is 902. The molecule has 0 N–H and O–H groups in total. The highest BCUT2D eigenvalue weighted by Crippen LogP contribution is 2.27. The highest BCUT2D eigenvalue weighted by atomic mass is 35.5. The van der Waals surface area contributed by atoms with Crippen molar-refractivity contribution >= 4 is 22.6 Å². The Hall–Kier alpha value is -2.33. The molecule has 0 atom stereocenters. The van der Waals surface area contributed by atoms with E-state index < -0.39 is 0 Å².